The Morgan fingerprint density at radius 2 is 2.29 bits per heavy atom. The van der Waals surface area contributed by atoms with E-state index in [1.54, 1.807) is 11.8 Å². The Balaban J connectivity index is 2.65. The highest BCUT2D eigenvalue weighted by Gasteiger charge is 2.26. The van der Waals surface area contributed by atoms with Gasteiger partial charge in [-0.05, 0) is 19.8 Å². The lowest BCUT2D eigenvalue weighted by Crippen LogP contribution is -2.48. The number of hydrogen-bond acceptors (Lipinski definition) is 3. The summed E-state index contributed by atoms with van der Waals surface area (Å²) in [5.41, 5.74) is 5.56. The Morgan fingerprint density at radius 3 is 2.86 bits per heavy atom. The lowest BCUT2D eigenvalue weighted by atomic mass is 10.1. The monoisotopic (exact) mass is 200 g/mol. The normalized spacial score (nSPS) is 25.6. The molecule has 0 aromatic carbocycles. The maximum atomic E-state index is 11.7. The van der Waals surface area contributed by atoms with Crippen molar-refractivity contribution >= 4 is 5.91 Å². The molecular weight excluding hydrogens is 180 g/mol. The van der Waals surface area contributed by atoms with Gasteiger partial charge in [0, 0.05) is 6.54 Å². The van der Waals surface area contributed by atoms with Crippen LogP contribution in [0.1, 0.15) is 32.6 Å². The van der Waals surface area contributed by atoms with Gasteiger partial charge >= 0.3 is 0 Å². The van der Waals surface area contributed by atoms with Gasteiger partial charge in [0.05, 0.1) is 18.7 Å². The minimum Gasteiger partial charge on any atom is -0.394 e. The molecule has 1 unspecified atom stereocenters. The Bertz CT molecular complexity index is 195. The fourth-order valence-corrected chi connectivity index (χ4v) is 1.92. The van der Waals surface area contributed by atoms with Gasteiger partial charge in [-0.1, -0.05) is 12.8 Å². The van der Waals surface area contributed by atoms with Crippen LogP contribution in [0, 0.1) is 0 Å². The van der Waals surface area contributed by atoms with E-state index in [1.165, 1.54) is 0 Å². The van der Waals surface area contributed by atoms with Crippen molar-refractivity contribution in [1.82, 2.24) is 4.90 Å². The number of hydrogen-bond donors (Lipinski definition) is 2. The Morgan fingerprint density at radius 1 is 1.57 bits per heavy atom. The molecule has 1 aliphatic heterocycles. The van der Waals surface area contributed by atoms with Gasteiger partial charge in [0.15, 0.2) is 0 Å². The molecule has 0 aromatic heterocycles. The molecule has 1 fully saturated rings. The standard InChI is InChI=1S/C10H20N2O2/c1-8(11)10(14)12-6-4-2-3-5-9(12)7-13/h8-9,13H,2-7,11H2,1H3/t8-,9?/m0/s1. The van der Waals surface area contributed by atoms with Crippen molar-refractivity contribution in [2.75, 3.05) is 13.2 Å². The van der Waals surface area contributed by atoms with Crippen molar-refractivity contribution in [3.8, 4) is 0 Å². The Labute approximate surface area is 85.1 Å². The van der Waals surface area contributed by atoms with E-state index < -0.39 is 6.04 Å². The summed E-state index contributed by atoms with van der Waals surface area (Å²) in [6, 6.07) is -0.474. The zero-order chi connectivity index (χ0) is 10.6. The fraction of sp³-hybridized carbons (Fsp3) is 0.900. The Hall–Kier alpha value is -0.610. The highest BCUT2D eigenvalue weighted by Crippen LogP contribution is 2.16. The molecule has 0 saturated carbocycles. The number of carbonyl (C=O) groups is 1. The molecule has 2 atom stereocenters. The van der Waals surface area contributed by atoms with Crippen LogP contribution in [-0.4, -0.2) is 41.1 Å². The number of nitrogens with two attached hydrogens (primary N) is 1. The van der Waals surface area contributed by atoms with Crippen molar-refractivity contribution in [3.63, 3.8) is 0 Å². The summed E-state index contributed by atoms with van der Waals surface area (Å²) in [7, 11) is 0. The second kappa shape index (κ2) is 5.32. The van der Waals surface area contributed by atoms with E-state index >= 15 is 0 Å². The van der Waals surface area contributed by atoms with Crippen molar-refractivity contribution in [2.24, 2.45) is 5.73 Å². The number of amides is 1. The van der Waals surface area contributed by atoms with Crippen molar-refractivity contribution in [3.05, 3.63) is 0 Å². The smallest absolute Gasteiger partial charge is 0.239 e. The van der Waals surface area contributed by atoms with Gasteiger partial charge in [-0.2, -0.15) is 0 Å². The van der Waals surface area contributed by atoms with Crippen molar-refractivity contribution in [2.45, 2.75) is 44.7 Å². The molecule has 0 aliphatic carbocycles. The molecule has 4 heteroatoms. The summed E-state index contributed by atoms with van der Waals surface area (Å²) < 4.78 is 0. The van der Waals surface area contributed by atoms with E-state index in [0.717, 1.165) is 32.2 Å². The van der Waals surface area contributed by atoms with Crippen LogP contribution in [0.3, 0.4) is 0 Å². The van der Waals surface area contributed by atoms with E-state index in [2.05, 4.69) is 0 Å². The maximum Gasteiger partial charge on any atom is 0.239 e. The SMILES string of the molecule is C[C@H](N)C(=O)N1CCCCCC1CO. The first-order valence-corrected chi connectivity index (χ1v) is 5.33. The van der Waals surface area contributed by atoms with Gasteiger partial charge in [-0.3, -0.25) is 4.79 Å². The number of nitrogens with zero attached hydrogens (tertiary/aromatic N) is 1. The lowest BCUT2D eigenvalue weighted by Gasteiger charge is -2.30. The summed E-state index contributed by atoms with van der Waals surface area (Å²) in [6.45, 7) is 2.49. The molecule has 1 aliphatic rings. The first-order valence-electron chi connectivity index (χ1n) is 5.33. The van der Waals surface area contributed by atoms with Crippen LogP contribution in [0.4, 0.5) is 0 Å². The van der Waals surface area contributed by atoms with Gasteiger partial charge in [-0.25, -0.2) is 0 Å². The molecule has 1 rings (SSSR count). The number of aliphatic hydroxyl groups excluding tert-OH is 1. The number of aliphatic hydroxyl groups is 1. The van der Waals surface area contributed by atoms with E-state index in [0.29, 0.717) is 0 Å². The van der Waals surface area contributed by atoms with Gasteiger partial charge in [0.1, 0.15) is 0 Å². The third kappa shape index (κ3) is 2.69. The van der Waals surface area contributed by atoms with E-state index in [-0.39, 0.29) is 18.6 Å². The molecule has 0 aromatic rings. The molecule has 4 nitrogen and oxygen atoms in total. The lowest BCUT2D eigenvalue weighted by molar-refractivity contribution is -0.135. The van der Waals surface area contributed by atoms with E-state index in [1.807, 2.05) is 0 Å². The number of rotatable bonds is 2. The van der Waals surface area contributed by atoms with Crippen LogP contribution >= 0.6 is 0 Å². The molecule has 0 radical (unpaired) electrons. The zero-order valence-electron chi connectivity index (χ0n) is 8.78. The minimum absolute atomic E-state index is 0.0176. The average molecular weight is 200 g/mol. The first-order chi connectivity index (χ1) is 6.66. The van der Waals surface area contributed by atoms with Crippen LogP contribution in [-0.2, 0) is 4.79 Å². The largest absolute Gasteiger partial charge is 0.394 e. The average Bonchev–Trinajstić information content (AvgIpc) is 2.40. The van der Waals surface area contributed by atoms with Crippen LogP contribution < -0.4 is 5.73 Å². The molecule has 0 spiro atoms. The second-order valence-electron chi connectivity index (χ2n) is 4.01. The predicted octanol–water partition coefficient (Wildman–Crippen LogP) is 0.0971. The summed E-state index contributed by atoms with van der Waals surface area (Å²) in [6.07, 6.45) is 4.15. The molecule has 1 heterocycles. The van der Waals surface area contributed by atoms with Crippen molar-refractivity contribution < 1.29 is 9.90 Å². The molecule has 3 N–H and O–H groups in total. The Kier molecular flexibility index (Phi) is 4.35. The van der Waals surface area contributed by atoms with E-state index in [9.17, 15) is 9.90 Å². The third-order valence-electron chi connectivity index (χ3n) is 2.76. The summed E-state index contributed by atoms with van der Waals surface area (Å²) >= 11 is 0. The topological polar surface area (TPSA) is 66.6 Å². The number of carbonyl (C=O) groups excluding carboxylic acids is 1. The van der Waals surface area contributed by atoms with Crippen LogP contribution in [0.2, 0.25) is 0 Å². The van der Waals surface area contributed by atoms with Gasteiger partial charge in [0.25, 0.3) is 0 Å². The molecule has 0 bridgehead atoms. The molecule has 1 amide bonds. The number of likely N-dealkylation sites (tertiary alicyclic amines) is 1. The van der Waals surface area contributed by atoms with Crippen LogP contribution in [0.5, 0.6) is 0 Å². The van der Waals surface area contributed by atoms with Gasteiger partial charge < -0.3 is 15.7 Å². The molecule has 1 saturated heterocycles. The van der Waals surface area contributed by atoms with Crippen molar-refractivity contribution in [1.29, 1.82) is 0 Å². The quantitative estimate of drug-likeness (QED) is 0.664. The highest BCUT2D eigenvalue weighted by molar-refractivity contribution is 5.81. The molecular formula is C10H20N2O2. The minimum atomic E-state index is -0.456. The zero-order valence-corrected chi connectivity index (χ0v) is 8.78. The molecule has 14 heavy (non-hydrogen) atoms. The van der Waals surface area contributed by atoms with Gasteiger partial charge in [-0.15, -0.1) is 0 Å². The fourth-order valence-electron chi connectivity index (χ4n) is 1.92. The molecule has 82 valence electrons. The van der Waals surface area contributed by atoms with Crippen LogP contribution in [0.15, 0.2) is 0 Å². The second-order valence-corrected chi connectivity index (χ2v) is 4.01. The first kappa shape index (κ1) is 11.5. The summed E-state index contributed by atoms with van der Waals surface area (Å²) in [5, 5.41) is 9.18. The highest BCUT2D eigenvalue weighted by atomic mass is 16.3. The van der Waals surface area contributed by atoms with E-state index in [4.69, 9.17) is 5.73 Å². The van der Waals surface area contributed by atoms with Gasteiger partial charge in [0.2, 0.25) is 5.91 Å². The summed E-state index contributed by atoms with van der Waals surface area (Å²) in [5.74, 6) is -0.0362. The third-order valence-corrected chi connectivity index (χ3v) is 2.76. The summed E-state index contributed by atoms with van der Waals surface area (Å²) in [4.78, 5) is 13.5. The predicted molar refractivity (Wildman–Crippen MR) is 54.7 cm³/mol. The van der Waals surface area contributed by atoms with Crippen LogP contribution in [0.25, 0.3) is 0 Å². The maximum absolute atomic E-state index is 11.7.